The number of hydrogen-bond acceptors (Lipinski definition) is 10. The minimum Gasteiger partial charge on any atom is -0.543 e. The molecule has 0 radical (unpaired) electrons. The third kappa shape index (κ3) is 14.5. The SMILES string of the molecule is O.O.O=C([O-])c1cc(C(=O)[O-])[nH]n1.O=C([O-])c1cc(C(=O)[O-])[nH]n1.c1c[n+](Cc2ccc(C[n+]3cc[nH]c3)cc2)c[nH]1.c1c[n+](Cc2ccc(C[n+]3cc[nH]c3)cc2)c[nH]1. The highest BCUT2D eigenvalue weighted by Crippen LogP contribution is 2.05. The number of carboxylic acids is 4. The van der Waals surface area contributed by atoms with Gasteiger partial charge in [0.25, 0.3) is 0 Å². The number of nitrogens with one attached hydrogen (secondary N) is 6. The van der Waals surface area contributed by atoms with E-state index in [2.05, 4.69) is 96.9 Å². The Hall–Kier alpha value is -8.50. The molecular formula is C38H40N12O10. The van der Waals surface area contributed by atoms with E-state index in [-0.39, 0.29) is 22.3 Å². The molecule has 60 heavy (non-hydrogen) atoms. The third-order valence-electron chi connectivity index (χ3n) is 7.93. The van der Waals surface area contributed by atoms with Crippen molar-refractivity contribution < 1.29 is 68.8 Å². The first-order chi connectivity index (χ1) is 28.0. The second-order valence-corrected chi connectivity index (χ2v) is 12.3. The van der Waals surface area contributed by atoms with Crippen LogP contribution in [0.5, 0.6) is 0 Å². The Balaban J connectivity index is 0.000000217. The van der Waals surface area contributed by atoms with Crippen molar-refractivity contribution in [1.82, 2.24) is 40.3 Å². The molecule has 8 rings (SSSR count). The number of aromatic carboxylic acids is 4. The van der Waals surface area contributed by atoms with Crippen LogP contribution >= 0.6 is 0 Å². The van der Waals surface area contributed by atoms with E-state index in [9.17, 15) is 39.6 Å². The standard InChI is InChI=1S/2C14H14N4.2C5H4N2O4.2H2O/c2*1-2-14(10-18-8-6-16-12-18)4-3-13(1)9-17-7-5-15-11-17;2*8-4(9)2-1-3(5(10)11)7-6-2;;/h2*1-8,11-12H,9-10H2;2*1H,(H,6,7)(H,8,9)(H,10,11);2*1H2. The molecule has 0 fully saturated rings. The molecule has 22 nitrogen and oxygen atoms in total. The first-order valence-electron chi connectivity index (χ1n) is 17.2. The van der Waals surface area contributed by atoms with Gasteiger partial charge in [0.2, 0.25) is 25.3 Å². The maximum atomic E-state index is 10.0. The van der Waals surface area contributed by atoms with Gasteiger partial charge in [0.05, 0.1) is 35.3 Å². The lowest BCUT2D eigenvalue weighted by molar-refractivity contribution is -0.687. The van der Waals surface area contributed by atoms with Gasteiger partial charge in [-0.1, -0.05) is 48.5 Å². The van der Waals surface area contributed by atoms with Crippen LogP contribution in [0, 0.1) is 0 Å². The van der Waals surface area contributed by atoms with E-state index in [4.69, 9.17) is 0 Å². The van der Waals surface area contributed by atoms with Crippen molar-refractivity contribution in [1.29, 1.82) is 0 Å². The molecule has 312 valence electrons. The molecule has 6 heterocycles. The Labute approximate surface area is 339 Å². The van der Waals surface area contributed by atoms with Crippen LogP contribution in [0.25, 0.3) is 0 Å². The average molecular weight is 825 g/mol. The molecule has 8 aromatic rings. The van der Waals surface area contributed by atoms with Gasteiger partial charge in [-0.05, 0) is 34.4 Å². The molecule has 6 aromatic heterocycles. The van der Waals surface area contributed by atoms with E-state index in [0.717, 1.165) is 38.3 Å². The number of aromatic amines is 6. The number of rotatable bonds is 12. The number of carbonyl (C=O) groups is 4. The first kappa shape index (κ1) is 45.9. The molecule has 0 aliphatic heterocycles. The quantitative estimate of drug-likeness (QED) is 0.0636. The van der Waals surface area contributed by atoms with E-state index in [1.807, 2.05) is 85.1 Å². The van der Waals surface area contributed by atoms with Gasteiger partial charge in [0.15, 0.2) is 0 Å². The summed E-state index contributed by atoms with van der Waals surface area (Å²) in [7, 11) is 0. The fraction of sp³-hybridized carbons (Fsp3) is 0.105. The van der Waals surface area contributed by atoms with Crippen molar-refractivity contribution in [3.05, 3.63) is 181 Å². The van der Waals surface area contributed by atoms with E-state index in [0.29, 0.717) is 0 Å². The maximum absolute atomic E-state index is 10.0. The molecule has 0 unspecified atom stereocenters. The number of benzene rings is 2. The van der Waals surface area contributed by atoms with Gasteiger partial charge in [0.1, 0.15) is 87.1 Å². The van der Waals surface area contributed by atoms with Crippen molar-refractivity contribution in [2.24, 2.45) is 0 Å². The number of imidazole rings is 4. The van der Waals surface area contributed by atoms with Crippen LogP contribution < -0.4 is 38.7 Å². The molecule has 0 saturated carbocycles. The molecule has 0 aliphatic rings. The summed E-state index contributed by atoms with van der Waals surface area (Å²) >= 11 is 0. The van der Waals surface area contributed by atoms with Gasteiger partial charge in [0, 0.05) is 0 Å². The number of carboxylic acid groups (broad SMARTS) is 4. The predicted molar refractivity (Wildman–Crippen MR) is 195 cm³/mol. The zero-order valence-corrected chi connectivity index (χ0v) is 31.5. The number of carbonyl (C=O) groups excluding carboxylic acids is 4. The largest absolute Gasteiger partial charge is 0.543 e. The van der Waals surface area contributed by atoms with Crippen molar-refractivity contribution >= 4 is 23.9 Å². The van der Waals surface area contributed by atoms with Crippen molar-refractivity contribution in [2.75, 3.05) is 0 Å². The average Bonchev–Trinajstić information content (AvgIpc) is 4.06. The fourth-order valence-corrected chi connectivity index (χ4v) is 5.08. The maximum Gasteiger partial charge on any atom is 0.241 e. The van der Waals surface area contributed by atoms with E-state index < -0.39 is 35.3 Å². The summed E-state index contributed by atoms with van der Waals surface area (Å²) in [5, 5.41) is 50.3. The molecule has 22 heteroatoms. The van der Waals surface area contributed by atoms with E-state index >= 15 is 0 Å². The van der Waals surface area contributed by atoms with E-state index in [1.54, 1.807) is 0 Å². The Morgan fingerprint density at radius 2 is 0.683 bits per heavy atom. The van der Waals surface area contributed by atoms with E-state index in [1.165, 1.54) is 22.3 Å². The minimum atomic E-state index is -1.53. The molecule has 10 N–H and O–H groups in total. The van der Waals surface area contributed by atoms with Crippen LogP contribution in [0.15, 0.2) is 136 Å². The molecule has 0 atom stereocenters. The molecular weight excluding hydrogens is 784 g/mol. The Morgan fingerprint density at radius 1 is 0.433 bits per heavy atom. The number of H-pyrrole nitrogens is 6. The Kier molecular flexibility index (Phi) is 17.5. The number of aromatic nitrogens is 12. The van der Waals surface area contributed by atoms with Gasteiger partial charge in [-0.25, -0.2) is 18.3 Å². The molecule has 0 saturated heterocycles. The molecule has 0 aliphatic carbocycles. The van der Waals surface area contributed by atoms with Crippen LogP contribution in [0.1, 0.15) is 64.2 Å². The lowest BCUT2D eigenvalue weighted by Gasteiger charge is -2.01. The predicted octanol–water partition coefficient (Wildman–Crippen LogP) is -5.35. The Bertz CT molecular complexity index is 2120. The van der Waals surface area contributed by atoms with Crippen LogP contribution in [-0.2, 0) is 26.2 Å². The molecule has 0 spiro atoms. The summed E-state index contributed by atoms with van der Waals surface area (Å²) < 4.78 is 8.48. The molecule has 0 amide bonds. The summed E-state index contributed by atoms with van der Waals surface area (Å²) in [6, 6.07) is 19.1. The first-order valence-corrected chi connectivity index (χ1v) is 17.2. The highest BCUT2D eigenvalue weighted by Gasteiger charge is 2.05. The van der Waals surface area contributed by atoms with Gasteiger partial charge in [-0.3, -0.25) is 30.1 Å². The lowest BCUT2D eigenvalue weighted by atomic mass is 10.1. The Morgan fingerprint density at radius 3 is 0.833 bits per heavy atom. The van der Waals surface area contributed by atoms with Crippen LogP contribution in [0.4, 0.5) is 0 Å². The zero-order chi connectivity index (χ0) is 41.3. The van der Waals surface area contributed by atoms with Crippen LogP contribution in [0.3, 0.4) is 0 Å². The van der Waals surface area contributed by atoms with Crippen molar-refractivity contribution in [3.8, 4) is 0 Å². The fourth-order valence-electron chi connectivity index (χ4n) is 5.08. The summed E-state index contributed by atoms with van der Waals surface area (Å²) in [5.41, 5.74) is 3.55. The minimum absolute atomic E-state index is 0. The zero-order valence-electron chi connectivity index (χ0n) is 31.5. The smallest absolute Gasteiger partial charge is 0.241 e. The lowest BCUT2D eigenvalue weighted by Crippen LogP contribution is -2.31. The van der Waals surface area contributed by atoms with Crippen LogP contribution in [0.2, 0.25) is 0 Å². The highest BCUT2D eigenvalue weighted by atomic mass is 16.4. The summed E-state index contributed by atoms with van der Waals surface area (Å²) in [4.78, 5) is 52.3. The van der Waals surface area contributed by atoms with Crippen LogP contribution in [-0.4, -0.2) is 75.2 Å². The number of nitrogens with zero attached hydrogens (tertiary/aromatic N) is 6. The highest BCUT2D eigenvalue weighted by molar-refractivity contribution is 5.90. The summed E-state index contributed by atoms with van der Waals surface area (Å²) in [6.45, 7) is 3.62. The summed E-state index contributed by atoms with van der Waals surface area (Å²) in [5.74, 6) is -6.09. The van der Waals surface area contributed by atoms with Crippen molar-refractivity contribution in [3.63, 3.8) is 0 Å². The van der Waals surface area contributed by atoms with Gasteiger partial charge < -0.3 is 50.6 Å². The summed E-state index contributed by atoms with van der Waals surface area (Å²) in [6.07, 6.45) is 23.7. The van der Waals surface area contributed by atoms with Gasteiger partial charge in [-0.15, -0.1) is 0 Å². The molecule has 0 bridgehead atoms. The second-order valence-electron chi connectivity index (χ2n) is 12.3. The number of hydrogen-bond donors (Lipinski definition) is 6. The van der Waals surface area contributed by atoms with Gasteiger partial charge in [-0.2, -0.15) is 10.2 Å². The van der Waals surface area contributed by atoms with Gasteiger partial charge >= 0.3 is 0 Å². The topological polar surface area (TPSA) is 360 Å². The normalized spacial score (nSPS) is 9.87. The monoisotopic (exact) mass is 824 g/mol. The third-order valence-corrected chi connectivity index (χ3v) is 7.93. The molecule has 2 aromatic carbocycles. The second kappa shape index (κ2) is 22.9. The van der Waals surface area contributed by atoms with Crippen molar-refractivity contribution in [2.45, 2.75) is 26.2 Å².